The molecule has 0 bridgehead atoms. The smallest absolute Gasteiger partial charge is 0.306 e. The summed E-state index contributed by atoms with van der Waals surface area (Å²) in [7, 11) is 0. The van der Waals surface area contributed by atoms with Crippen LogP contribution in [-0.4, -0.2) is 12.3 Å². The molecule has 3 nitrogen and oxygen atoms in total. The van der Waals surface area contributed by atoms with Crippen molar-refractivity contribution in [3.63, 3.8) is 0 Å². The number of halogens is 5. The van der Waals surface area contributed by atoms with Crippen molar-refractivity contribution in [2.45, 2.75) is 6.30 Å². The van der Waals surface area contributed by atoms with Crippen LogP contribution < -0.4 is 10.6 Å². The molecule has 0 saturated heterocycles. The van der Waals surface area contributed by atoms with Gasteiger partial charge in [-0.3, -0.25) is 0 Å². The molecule has 1 aromatic rings. The van der Waals surface area contributed by atoms with E-state index in [9.17, 15) is 18.0 Å². The van der Waals surface area contributed by atoms with Gasteiger partial charge in [0, 0.05) is 5.02 Å². The normalized spacial score (nSPS) is 11.1. The van der Waals surface area contributed by atoms with E-state index in [0.29, 0.717) is 0 Å². The molecule has 0 radical (unpaired) electrons. The molecule has 2 N–H and O–H groups in total. The van der Waals surface area contributed by atoms with Crippen LogP contribution in [0.2, 0.25) is 10.0 Å². The molecule has 0 fully saturated rings. The number of urea groups is 1. The quantitative estimate of drug-likeness (QED) is 0.753. The minimum absolute atomic E-state index is 0.00378. The fourth-order valence-corrected chi connectivity index (χ4v) is 1.21. The van der Waals surface area contributed by atoms with Crippen molar-refractivity contribution < 1.29 is 18.0 Å². The highest BCUT2D eigenvalue weighted by Gasteiger charge is 2.30. The second kappa shape index (κ2) is 4.80. The Balaban J connectivity index is 2.73. The van der Waals surface area contributed by atoms with E-state index in [0.717, 1.165) is 5.32 Å². The van der Waals surface area contributed by atoms with Crippen LogP contribution in [0.1, 0.15) is 0 Å². The number of carbonyl (C=O) groups excluding carboxylic acids is 1. The Morgan fingerprint density at radius 3 is 2.44 bits per heavy atom. The van der Waals surface area contributed by atoms with Crippen LogP contribution in [0.3, 0.4) is 0 Å². The average molecular weight is 273 g/mol. The van der Waals surface area contributed by atoms with Gasteiger partial charge in [-0.1, -0.05) is 23.2 Å². The Kier molecular flexibility index (Phi) is 3.88. The lowest BCUT2D eigenvalue weighted by atomic mass is 10.3. The molecule has 0 heterocycles. The second-order valence-corrected chi connectivity index (χ2v) is 3.54. The highest BCUT2D eigenvalue weighted by Crippen LogP contribution is 2.25. The van der Waals surface area contributed by atoms with E-state index in [1.807, 2.05) is 5.32 Å². The topological polar surface area (TPSA) is 41.1 Å². The van der Waals surface area contributed by atoms with Crippen LogP contribution >= 0.6 is 23.2 Å². The number of carbonyl (C=O) groups is 1. The summed E-state index contributed by atoms with van der Waals surface area (Å²) in [6.45, 7) is 0. The van der Waals surface area contributed by atoms with Gasteiger partial charge in [-0.05, 0) is 18.2 Å². The molecule has 1 rings (SSSR count). The number of anilines is 1. The van der Waals surface area contributed by atoms with E-state index < -0.39 is 12.3 Å². The molecule has 0 aromatic heterocycles. The van der Waals surface area contributed by atoms with Gasteiger partial charge in [0.25, 0.3) is 0 Å². The summed E-state index contributed by atoms with van der Waals surface area (Å²) in [6.07, 6.45) is -4.80. The van der Waals surface area contributed by atoms with Crippen molar-refractivity contribution in [3.05, 3.63) is 28.2 Å². The number of nitrogens with one attached hydrogen (secondary N) is 2. The van der Waals surface area contributed by atoms with Gasteiger partial charge in [0.15, 0.2) is 0 Å². The Labute approximate surface area is 98.5 Å². The molecule has 0 aliphatic rings. The monoisotopic (exact) mass is 272 g/mol. The maximum Gasteiger partial charge on any atom is 0.485 e. The predicted molar refractivity (Wildman–Crippen MR) is 54.7 cm³/mol. The SMILES string of the molecule is O=C(Nc1cc(Cl)ccc1Cl)NC(F)(F)F. The summed E-state index contributed by atoms with van der Waals surface area (Å²) in [5, 5.41) is 3.01. The Hall–Kier alpha value is -1.14. The van der Waals surface area contributed by atoms with E-state index >= 15 is 0 Å². The zero-order chi connectivity index (χ0) is 12.3. The molecule has 0 aliphatic carbocycles. The zero-order valence-corrected chi connectivity index (χ0v) is 9.04. The van der Waals surface area contributed by atoms with E-state index in [-0.39, 0.29) is 15.7 Å². The minimum atomic E-state index is -4.80. The van der Waals surface area contributed by atoms with Gasteiger partial charge < -0.3 is 5.32 Å². The lowest BCUT2D eigenvalue weighted by Crippen LogP contribution is -2.40. The molecule has 0 unspecified atom stereocenters. The van der Waals surface area contributed by atoms with Crippen molar-refractivity contribution in [3.8, 4) is 0 Å². The zero-order valence-electron chi connectivity index (χ0n) is 7.53. The third kappa shape index (κ3) is 4.16. The summed E-state index contributed by atoms with van der Waals surface area (Å²) in [4.78, 5) is 10.8. The fraction of sp³-hybridized carbons (Fsp3) is 0.125. The lowest BCUT2D eigenvalue weighted by Gasteiger charge is -2.11. The van der Waals surface area contributed by atoms with Crippen LogP contribution in [0, 0.1) is 0 Å². The Bertz CT molecular complexity index is 409. The van der Waals surface area contributed by atoms with Crippen LogP contribution in [-0.2, 0) is 0 Å². The van der Waals surface area contributed by atoms with Gasteiger partial charge >= 0.3 is 12.3 Å². The molecular formula is C8H5Cl2F3N2O. The molecule has 88 valence electrons. The summed E-state index contributed by atoms with van der Waals surface area (Å²) in [5.74, 6) is 0. The maximum atomic E-state index is 11.8. The number of alkyl halides is 3. The molecular weight excluding hydrogens is 268 g/mol. The fourth-order valence-electron chi connectivity index (χ4n) is 0.876. The van der Waals surface area contributed by atoms with Gasteiger partial charge in [-0.2, -0.15) is 13.2 Å². The molecule has 1 aromatic carbocycles. The van der Waals surface area contributed by atoms with Crippen molar-refractivity contribution in [2.75, 3.05) is 5.32 Å². The Morgan fingerprint density at radius 1 is 1.25 bits per heavy atom. The number of rotatable bonds is 1. The van der Waals surface area contributed by atoms with Gasteiger partial charge in [-0.15, -0.1) is 0 Å². The van der Waals surface area contributed by atoms with Crippen LogP contribution in [0.5, 0.6) is 0 Å². The van der Waals surface area contributed by atoms with Crippen molar-refractivity contribution >= 4 is 34.9 Å². The van der Waals surface area contributed by atoms with Gasteiger partial charge in [0.05, 0.1) is 10.7 Å². The highest BCUT2D eigenvalue weighted by molar-refractivity contribution is 6.35. The van der Waals surface area contributed by atoms with Gasteiger partial charge in [0.1, 0.15) is 0 Å². The number of amides is 2. The van der Waals surface area contributed by atoms with Crippen molar-refractivity contribution in [1.29, 1.82) is 0 Å². The minimum Gasteiger partial charge on any atom is -0.306 e. The summed E-state index contributed by atoms with van der Waals surface area (Å²) in [6, 6.07) is 2.60. The molecule has 0 atom stereocenters. The van der Waals surface area contributed by atoms with E-state index in [2.05, 4.69) is 0 Å². The lowest BCUT2D eigenvalue weighted by molar-refractivity contribution is -0.144. The molecule has 8 heteroatoms. The van der Waals surface area contributed by atoms with Crippen LogP contribution in [0.25, 0.3) is 0 Å². The first-order valence-corrected chi connectivity index (χ1v) is 4.64. The van der Waals surface area contributed by atoms with Crippen molar-refractivity contribution in [1.82, 2.24) is 5.32 Å². The first kappa shape index (κ1) is 12.9. The molecule has 2 amide bonds. The van der Waals surface area contributed by atoms with E-state index in [1.165, 1.54) is 18.2 Å². The van der Waals surface area contributed by atoms with Crippen molar-refractivity contribution in [2.24, 2.45) is 0 Å². The molecule has 0 aliphatic heterocycles. The van der Waals surface area contributed by atoms with E-state index in [1.54, 1.807) is 0 Å². The second-order valence-electron chi connectivity index (χ2n) is 2.70. The van der Waals surface area contributed by atoms with E-state index in [4.69, 9.17) is 23.2 Å². The number of benzene rings is 1. The standard InChI is InChI=1S/C8H5Cl2F3N2O/c9-4-1-2-5(10)6(3-4)14-7(16)15-8(11,12)13/h1-3H,(H2,14,15,16). The molecule has 0 spiro atoms. The molecule has 16 heavy (non-hydrogen) atoms. The highest BCUT2D eigenvalue weighted by atomic mass is 35.5. The number of hydrogen-bond acceptors (Lipinski definition) is 1. The first-order chi connectivity index (χ1) is 7.28. The molecule has 0 saturated carbocycles. The largest absolute Gasteiger partial charge is 0.485 e. The maximum absolute atomic E-state index is 11.8. The van der Waals surface area contributed by atoms with Crippen LogP contribution in [0.4, 0.5) is 23.7 Å². The summed E-state index contributed by atoms with van der Waals surface area (Å²) < 4.78 is 35.3. The number of hydrogen-bond donors (Lipinski definition) is 2. The summed E-state index contributed by atoms with van der Waals surface area (Å²) in [5.41, 5.74) is -0.00378. The van der Waals surface area contributed by atoms with Crippen LogP contribution in [0.15, 0.2) is 18.2 Å². The first-order valence-electron chi connectivity index (χ1n) is 3.89. The predicted octanol–water partition coefficient (Wildman–Crippen LogP) is 3.63. The van der Waals surface area contributed by atoms with Gasteiger partial charge in [-0.25, -0.2) is 10.1 Å². The Morgan fingerprint density at radius 2 is 1.88 bits per heavy atom. The average Bonchev–Trinajstić information content (AvgIpc) is 2.08. The summed E-state index contributed by atoms with van der Waals surface area (Å²) >= 11 is 11.2. The van der Waals surface area contributed by atoms with Gasteiger partial charge in [0.2, 0.25) is 0 Å². The third-order valence-electron chi connectivity index (χ3n) is 1.43. The third-order valence-corrected chi connectivity index (χ3v) is 2.00.